The largest absolute Gasteiger partial charge is 0.481 e. The van der Waals surface area contributed by atoms with Crippen molar-refractivity contribution >= 4 is 27.8 Å². The van der Waals surface area contributed by atoms with Crippen molar-refractivity contribution in [2.75, 3.05) is 13.6 Å². The van der Waals surface area contributed by atoms with Gasteiger partial charge in [0.15, 0.2) is 0 Å². The summed E-state index contributed by atoms with van der Waals surface area (Å²) in [6.45, 7) is 1.61. The Morgan fingerprint density at radius 3 is 2.45 bits per heavy atom. The molecular weight excluding hydrogens is 304 g/mol. The second-order valence-electron chi connectivity index (χ2n) is 4.36. The molecule has 0 aliphatic heterocycles. The molecule has 0 saturated carbocycles. The molecule has 2 N–H and O–H groups in total. The van der Waals surface area contributed by atoms with Crippen molar-refractivity contribution in [1.82, 2.24) is 9.03 Å². The van der Waals surface area contributed by atoms with Gasteiger partial charge >= 0.3 is 5.97 Å². The molecule has 0 aliphatic rings. The number of carbonyl (C=O) groups is 1. The predicted molar refractivity (Wildman–Crippen MR) is 76.8 cm³/mol. The maximum atomic E-state index is 12.0. The van der Waals surface area contributed by atoms with Crippen molar-refractivity contribution in [3.63, 3.8) is 0 Å². The van der Waals surface area contributed by atoms with E-state index < -0.39 is 22.2 Å². The average molecular weight is 321 g/mol. The Bertz CT molecular complexity index is 559. The quantitative estimate of drug-likeness (QED) is 0.799. The van der Waals surface area contributed by atoms with Gasteiger partial charge in [0, 0.05) is 24.7 Å². The van der Waals surface area contributed by atoms with Crippen molar-refractivity contribution in [1.29, 1.82) is 0 Å². The summed E-state index contributed by atoms with van der Waals surface area (Å²) in [6, 6.07) is 6.37. The van der Waals surface area contributed by atoms with Crippen LogP contribution in [-0.2, 0) is 15.0 Å². The molecule has 0 saturated heterocycles. The minimum atomic E-state index is -3.73. The Balaban J connectivity index is 2.69. The smallest absolute Gasteiger partial charge is 0.304 e. The summed E-state index contributed by atoms with van der Waals surface area (Å²) in [6.07, 6.45) is -0.243. The fraction of sp³-hybridized carbons (Fsp3) is 0.417. The highest BCUT2D eigenvalue weighted by molar-refractivity contribution is 7.87. The van der Waals surface area contributed by atoms with E-state index in [9.17, 15) is 13.2 Å². The van der Waals surface area contributed by atoms with Gasteiger partial charge in [-0.3, -0.25) is 4.79 Å². The first-order chi connectivity index (χ1) is 9.22. The molecule has 0 amide bonds. The van der Waals surface area contributed by atoms with Crippen LogP contribution in [-0.4, -0.2) is 37.4 Å². The number of carboxylic acids is 1. The van der Waals surface area contributed by atoms with Crippen LogP contribution in [0.2, 0.25) is 5.02 Å². The first-order valence-corrected chi connectivity index (χ1v) is 7.75. The van der Waals surface area contributed by atoms with Gasteiger partial charge in [-0.05, 0) is 24.6 Å². The number of halogens is 1. The van der Waals surface area contributed by atoms with E-state index in [1.807, 2.05) is 0 Å². The zero-order chi connectivity index (χ0) is 15.3. The Morgan fingerprint density at radius 1 is 1.40 bits per heavy atom. The van der Waals surface area contributed by atoms with Crippen LogP contribution in [0, 0.1) is 0 Å². The van der Waals surface area contributed by atoms with Crippen LogP contribution < -0.4 is 4.72 Å². The topological polar surface area (TPSA) is 86.7 Å². The first-order valence-electron chi connectivity index (χ1n) is 5.93. The summed E-state index contributed by atoms with van der Waals surface area (Å²) in [5.41, 5.74) is 0.768. The van der Waals surface area contributed by atoms with Gasteiger partial charge in [0.1, 0.15) is 0 Å². The molecule has 8 heteroatoms. The molecule has 112 valence electrons. The van der Waals surface area contributed by atoms with E-state index in [1.165, 1.54) is 7.05 Å². The van der Waals surface area contributed by atoms with E-state index >= 15 is 0 Å². The number of benzene rings is 1. The van der Waals surface area contributed by atoms with Gasteiger partial charge in [0.25, 0.3) is 10.2 Å². The Kier molecular flexibility index (Phi) is 5.94. The lowest BCUT2D eigenvalue weighted by molar-refractivity contribution is -0.137. The van der Waals surface area contributed by atoms with E-state index in [2.05, 4.69) is 4.72 Å². The zero-order valence-electron chi connectivity index (χ0n) is 11.2. The van der Waals surface area contributed by atoms with Crippen LogP contribution in [0.3, 0.4) is 0 Å². The number of hydrogen-bond donors (Lipinski definition) is 2. The zero-order valence-corrected chi connectivity index (χ0v) is 12.8. The second kappa shape index (κ2) is 7.03. The van der Waals surface area contributed by atoms with Gasteiger partial charge in [-0.1, -0.05) is 23.7 Å². The molecule has 0 spiro atoms. The first kappa shape index (κ1) is 16.9. The minimum Gasteiger partial charge on any atom is -0.481 e. The molecule has 1 aromatic carbocycles. The Morgan fingerprint density at radius 2 is 1.95 bits per heavy atom. The van der Waals surface area contributed by atoms with Crippen LogP contribution in [0.25, 0.3) is 0 Å². The summed E-state index contributed by atoms with van der Waals surface area (Å²) in [5, 5.41) is 9.13. The van der Waals surface area contributed by atoms with Crippen molar-refractivity contribution in [3.8, 4) is 0 Å². The van der Waals surface area contributed by atoms with Gasteiger partial charge < -0.3 is 5.11 Å². The maximum Gasteiger partial charge on any atom is 0.304 e. The fourth-order valence-electron chi connectivity index (χ4n) is 1.51. The number of nitrogens with zero attached hydrogens (tertiary/aromatic N) is 1. The van der Waals surface area contributed by atoms with E-state index in [1.54, 1.807) is 31.2 Å². The van der Waals surface area contributed by atoms with Gasteiger partial charge in [-0.25, -0.2) is 0 Å². The summed E-state index contributed by atoms with van der Waals surface area (Å²) >= 11 is 5.77. The molecule has 0 radical (unpaired) electrons. The standard InChI is InChI=1S/C12H17ClN2O4S/c1-9(10-3-5-11(13)6-4-10)14-20(18,19)15(2)8-7-12(16)17/h3-6,9,14H,7-8H2,1-2H3,(H,16,17). The Hall–Kier alpha value is -1.15. The molecule has 0 bridgehead atoms. The Labute approximate surface area is 123 Å². The maximum absolute atomic E-state index is 12.0. The van der Waals surface area contributed by atoms with E-state index in [-0.39, 0.29) is 13.0 Å². The van der Waals surface area contributed by atoms with Crippen LogP contribution in [0.5, 0.6) is 0 Å². The highest BCUT2D eigenvalue weighted by atomic mass is 35.5. The monoisotopic (exact) mass is 320 g/mol. The number of aliphatic carboxylic acids is 1. The lowest BCUT2D eigenvalue weighted by atomic mass is 10.1. The highest BCUT2D eigenvalue weighted by Gasteiger charge is 2.21. The highest BCUT2D eigenvalue weighted by Crippen LogP contribution is 2.17. The van der Waals surface area contributed by atoms with Crippen LogP contribution in [0.15, 0.2) is 24.3 Å². The third-order valence-electron chi connectivity index (χ3n) is 2.75. The van der Waals surface area contributed by atoms with Crippen LogP contribution in [0.4, 0.5) is 0 Å². The predicted octanol–water partition coefficient (Wildman–Crippen LogP) is 1.64. The van der Waals surface area contributed by atoms with Crippen molar-refractivity contribution in [3.05, 3.63) is 34.9 Å². The number of nitrogens with one attached hydrogen (secondary N) is 1. The van der Waals surface area contributed by atoms with Gasteiger partial charge in [0.05, 0.1) is 6.42 Å². The summed E-state index contributed by atoms with van der Waals surface area (Å²) in [7, 11) is -2.39. The lowest BCUT2D eigenvalue weighted by Crippen LogP contribution is -2.40. The molecule has 20 heavy (non-hydrogen) atoms. The van der Waals surface area contributed by atoms with E-state index in [0.717, 1.165) is 9.87 Å². The molecule has 0 fully saturated rings. The van der Waals surface area contributed by atoms with E-state index in [0.29, 0.717) is 5.02 Å². The number of carboxylic acid groups (broad SMARTS) is 1. The fourth-order valence-corrected chi connectivity index (χ4v) is 2.73. The van der Waals surface area contributed by atoms with Crippen molar-refractivity contribution < 1.29 is 18.3 Å². The lowest BCUT2D eigenvalue weighted by Gasteiger charge is -2.20. The van der Waals surface area contributed by atoms with Gasteiger partial charge in [-0.2, -0.15) is 17.4 Å². The summed E-state index contributed by atoms with van der Waals surface area (Å²) < 4.78 is 27.4. The number of rotatable bonds is 7. The van der Waals surface area contributed by atoms with E-state index in [4.69, 9.17) is 16.7 Å². The van der Waals surface area contributed by atoms with Gasteiger partial charge in [0.2, 0.25) is 0 Å². The third-order valence-corrected chi connectivity index (χ3v) is 4.65. The van der Waals surface area contributed by atoms with Crippen molar-refractivity contribution in [2.24, 2.45) is 0 Å². The molecular formula is C12H17ClN2O4S. The second-order valence-corrected chi connectivity index (χ2v) is 6.61. The number of hydrogen-bond acceptors (Lipinski definition) is 3. The van der Waals surface area contributed by atoms with Crippen LogP contribution in [0.1, 0.15) is 24.9 Å². The van der Waals surface area contributed by atoms with Crippen molar-refractivity contribution in [2.45, 2.75) is 19.4 Å². The summed E-state index contributed by atoms with van der Waals surface area (Å²) in [5.74, 6) is -1.04. The molecule has 0 heterocycles. The van der Waals surface area contributed by atoms with Crippen LogP contribution >= 0.6 is 11.6 Å². The molecule has 6 nitrogen and oxygen atoms in total. The molecule has 1 rings (SSSR count). The van der Waals surface area contributed by atoms with Gasteiger partial charge in [-0.15, -0.1) is 0 Å². The molecule has 1 unspecified atom stereocenters. The SMILES string of the molecule is CC(NS(=O)(=O)N(C)CCC(=O)O)c1ccc(Cl)cc1. The third kappa shape index (κ3) is 5.09. The molecule has 0 aliphatic carbocycles. The minimum absolute atomic E-state index is 0.0853. The molecule has 1 atom stereocenters. The average Bonchev–Trinajstić information content (AvgIpc) is 2.35. The summed E-state index contributed by atoms with van der Waals surface area (Å²) in [4.78, 5) is 10.5. The molecule has 0 aromatic heterocycles. The normalized spacial score (nSPS) is 13.4. The molecule has 1 aromatic rings.